The highest BCUT2D eigenvalue weighted by Gasteiger charge is 2.02. The molecule has 0 heterocycles. The number of para-hydroxylation sites is 2. The molecular formula is C16H19NO3. The molecule has 0 fully saturated rings. The fourth-order valence-corrected chi connectivity index (χ4v) is 1.77. The predicted octanol–water partition coefficient (Wildman–Crippen LogP) is 3.13. The van der Waals surface area contributed by atoms with Gasteiger partial charge in [-0.05, 0) is 24.3 Å². The standard InChI is InChI=1S/C16H19NO3/c1-18-15-8-2-3-9-16(15)20-11-5-10-19-14-7-4-6-13(17)12-14/h2-4,6-9,12H,5,10-11,17H2,1H3. The van der Waals surface area contributed by atoms with Crippen molar-refractivity contribution in [3.05, 3.63) is 48.5 Å². The van der Waals surface area contributed by atoms with Crippen molar-refractivity contribution in [3.63, 3.8) is 0 Å². The Bertz CT molecular complexity index is 543. The predicted molar refractivity (Wildman–Crippen MR) is 79.5 cm³/mol. The lowest BCUT2D eigenvalue weighted by molar-refractivity contribution is 0.240. The van der Waals surface area contributed by atoms with E-state index in [1.165, 1.54) is 0 Å². The van der Waals surface area contributed by atoms with Crippen LogP contribution in [0.25, 0.3) is 0 Å². The van der Waals surface area contributed by atoms with Crippen molar-refractivity contribution in [1.82, 2.24) is 0 Å². The van der Waals surface area contributed by atoms with E-state index in [1.54, 1.807) is 13.2 Å². The summed E-state index contributed by atoms with van der Waals surface area (Å²) in [5.41, 5.74) is 6.38. The molecule has 0 amide bonds. The fraction of sp³-hybridized carbons (Fsp3) is 0.250. The molecule has 106 valence electrons. The lowest BCUT2D eigenvalue weighted by atomic mass is 10.3. The number of nitrogen functional groups attached to an aromatic ring is 1. The third kappa shape index (κ3) is 4.09. The van der Waals surface area contributed by atoms with E-state index in [9.17, 15) is 0 Å². The molecule has 0 saturated heterocycles. The van der Waals surface area contributed by atoms with E-state index in [1.807, 2.05) is 42.5 Å². The van der Waals surface area contributed by atoms with Crippen LogP contribution in [-0.2, 0) is 0 Å². The summed E-state index contributed by atoms with van der Waals surface area (Å²) in [6.07, 6.45) is 0.785. The molecule has 0 saturated carbocycles. The van der Waals surface area contributed by atoms with Crippen LogP contribution in [0.3, 0.4) is 0 Å². The number of rotatable bonds is 7. The van der Waals surface area contributed by atoms with E-state index in [-0.39, 0.29) is 0 Å². The largest absolute Gasteiger partial charge is 0.493 e. The van der Waals surface area contributed by atoms with Gasteiger partial charge in [0, 0.05) is 18.2 Å². The Hall–Kier alpha value is -2.36. The number of benzene rings is 2. The van der Waals surface area contributed by atoms with Crippen LogP contribution in [0.5, 0.6) is 17.2 Å². The molecule has 0 unspecified atom stereocenters. The maximum absolute atomic E-state index is 5.68. The molecular weight excluding hydrogens is 254 g/mol. The van der Waals surface area contributed by atoms with Crippen molar-refractivity contribution in [1.29, 1.82) is 0 Å². The SMILES string of the molecule is COc1ccccc1OCCCOc1cccc(N)c1. The van der Waals surface area contributed by atoms with Crippen LogP contribution in [0.1, 0.15) is 6.42 Å². The molecule has 0 radical (unpaired) electrons. The molecule has 2 N–H and O–H groups in total. The van der Waals surface area contributed by atoms with Crippen molar-refractivity contribution in [2.75, 3.05) is 26.1 Å². The van der Waals surface area contributed by atoms with Gasteiger partial charge in [0.25, 0.3) is 0 Å². The molecule has 20 heavy (non-hydrogen) atoms. The molecule has 2 rings (SSSR count). The van der Waals surface area contributed by atoms with E-state index in [0.717, 1.165) is 23.7 Å². The number of anilines is 1. The second kappa shape index (κ2) is 7.28. The van der Waals surface area contributed by atoms with Gasteiger partial charge >= 0.3 is 0 Å². The number of nitrogens with two attached hydrogens (primary N) is 1. The van der Waals surface area contributed by atoms with Gasteiger partial charge in [-0.25, -0.2) is 0 Å². The summed E-state index contributed by atoms with van der Waals surface area (Å²) in [7, 11) is 1.63. The molecule has 0 aliphatic heterocycles. The first-order valence-corrected chi connectivity index (χ1v) is 6.54. The Morgan fingerprint density at radius 1 is 0.900 bits per heavy atom. The molecule has 4 nitrogen and oxygen atoms in total. The summed E-state index contributed by atoms with van der Waals surface area (Å²) in [4.78, 5) is 0. The number of methoxy groups -OCH3 is 1. The summed E-state index contributed by atoms with van der Waals surface area (Å²) >= 11 is 0. The number of hydrogen-bond donors (Lipinski definition) is 1. The van der Waals surface area contributed by atoms with Gasteiger partial charge in [-0.3, -0.25) is 0 Å². The van der Waals surface area contributed by atoms with Gasteiger partial charge in [0.1, 0.15) is 5.75 Å². The third-order valence-corrected chi connectivity index (χ3v) is 2.74. The zero-order valence-electron chi connectivity index (χ0n) is 11.5. The first-order valence-electron chi connectivity index (χ1n) is 6.54. The summed E-state index contributed by atoms with van der Waals surface area (Å²) in [5.74, 6) is 2.27. The van der Waals surface area contributed by atoms with Crippen LogP contribution in [0.4, 0.5) is 5.69 Å². The van der Waals surface area contributed by atoms with Gasteiger partial charge in [0.15, 0.2) is 11.5 Å². The maximum atomic E-state index is 5.68. The van der Waals surface area contributed by atoms with Gasteiger partial charge in [-0.15, -0.1) is 0 Å². The van der Waals surface area contributed by atoms with Crippen LogP contribution in [0.2, 0.25) is 0 Å². The van der Waals surface area contributed by atoms with Crippen molar-refractivity contribution in [2.24, 2.45) is 0 Å². The molecule has 0 atom stereocenters. The van der Waals surface area contributed by atoms with Crippen LogP contribution in [0.15, 0.2) is 48.5 Å². The monoisotopic (exact) mass is 273 g/mol. The number of hydrogen-bond acceptors (Lipinski definition) is 4. The lowest BCUT2D eigenvalue weighted by Crippen LogP contribution is -2.05. The van der Waals surface area contributed by atoms with Crippen LogP contribution in [-0.4, -0.2) is 20.3 Å². The van der Waals surface area contributed by atoms with Gasteiger partial charge in [0.2, 0.25) is 0 Å². The van der Waals surface area contributed by atoms with Crippen molar-refractivity contribution < 1.29 is 14.2 Å². The normalized spacial score (nSPS) is 10.1. The van der Waals surface area contributed by atoms with Crippen molar-refractivity contribution in [2.45, 2.75) is 6.42 Å². The Morgan fingerprint density at radius 3 is 2.40 bits per heavy atom. The lowest BCUT2D eigenvalue weighted by Gasteiger charge is -2.11. The molecule has 0 bridgehead atoms. The van der Waals surface area contributed by atoms with Crippen molar-refractivity contribution >= 4 is 5.69 Å². The molecule has 0 aliphatic rings. The van der Waals surface area contributed by atoms with Crippen LogP contribution in [0, 0.1) is 0 Å². The zero-order valence-corrected chi connectivity index (χ0v) is 11.5. The minimum absolute atomic E-state index is 0.572. The second-order valence-electron chi connectivity index (χ2n) is 4.27. The van der Waals surface area contributed by atoms with E-state index in [0.29, 0.717) is 18.9 Å². The Kier molecular flexibility index (Phi) is 5.12. The highest BCUT2D eigenvalue weighted by atomic mass is 16.5. The Morgan fingerprint density at radius 2 is 1.65 bits per heavy atom. The fourth-order valence-electron chi connectivity index (χ4n) is 1.77. The quantitative estimate of drug-likeness (QED) is 0.622. The van der Waals surface area contributed by atoms with E-state index >= 15 is 0 Å². The minimum Gasteiger partial charge on any atom is -0.493 e. The minimum atomic E-state index is 0.572. The average molecular weight is 273 g/mol. The first-order chi connectivity index (χ1) is 9.79. The molecule has 0 aromatic heterocycles. The van der Waals surface area contributed by atoms with Crippen molar-refractivity contribution in [3.8, 4) is 17.2 Å². The highest BCUT2D eigenvalue weighted by Crippen LogP contribution is 2.25. The van der Waals surface area contributed by atoms with E-state index in [2.05, 4.69) is 0 Å². The summed E-state index contributed by atoms with van der Waals surface area (Å²) < 4.78 is 16.5. The summed E-state index contributed by atoms with van der Waals surface area (Å²) in [5, 5.41) is 0. The number of ether oxygens (including phenoxy) is 3. The first kappa shape index (κ1) is 14.1. The topological polar surface area (TPSA) is 53.7 Å². The van der Waals surface area contributed by atoms with E-state index in [4.69, 9.17) is 19.9 Å². The second-order valence-corrected chi connectivity index (χ2v) is 4.27. The molecule has 0 spiro atoms. The molecule has 2 aromatic carbocycles. The zero-order chi connectivity index (χ0) is 14.2. The van der Waals surface area contributed by atoms with Gasteiger partial charge < -0.3 is 19.9 Å². The maximum Gasteiger partial charge on any atom is 0.161 e. The average Bonchev–Trinajstić information content (AvgIpc) is 2.47. The third-order valence-electron chi connectivity index (χ3n) is 2.74. The van der Waals surface area contributed by atoms with E-state index < -0.39 is 0 Å². The van der Waals surface area contributed by atoms with Gasteiger partial charge in [0.05, 0.1) is 20.3 Å². The van der Waals surface area contributed by atoms with Crippen LogP contribution < -0.4 is 19.9 Å². The Balaban J connectivity index is 1.71. The molecule has 4 heteroatoms. The van der Waals surface area contributed by atoms with Gasteiger partial charge in [-0.2, -0.15) is 0 Å². The summed E-state index contributed by atoms with van der Waals surface area (Å²) in [6, 6.07) is 15.0. The van der Waals surface area contributed by atoms with Gasteiger partial charge in [-0.1, -0.05) is 18.2 Å². The highest BCUT2D eigenvalue weighted by molar-refractivity contribution is 5.43. The van der Waals surface area contributed by atoms with Crippen LogP contribution >= 0.6 is 0 Å². The summed E-state index contributed by atoms with van der Waals surface area (Å²) in [6.45, 7) is 1.15. The molecule has 0 aliphatic carbocycles. The molecule has 2 aromatic rings. The Labute approximate surface area is 119 Å². The smallest absolute Gasteiger partial charge is 0.161 e.